The molecule has 8 heteroatoms. The van der Waals surface area contributed by atoms with Crippen molar-refractivity contribution in [3.63, 3.8) is 0 Å². The van der Waals surface area contributed by atoms with Gasteiger partial charge in [0.1, 0.15) is 0 Å². The average molecular weight is 365 g/mol. The maximum atomic E-state index is 12.4. The molecule has 2 aromatic heterocycles. The summed E-state index contributed by atoms with van der Waals surface area (Å²) < 4.78 is 5.58. The van der Waals surface area contributed by atoms with Crippen LogP contribution in [0.3, 0.4) is 0 Å². The number of hydrazone groups is 1. The van der Waals surface area contributed by atoms with Gasteiger partial charge in [-0.15, -0.1) is 10.2 Å². The Morgan fingerprint density at radius 1 is 1.08 bits per heavy atom. The van der Waals surface area contributed by atoms with E-state index in [2.05, 4.69) is 20.3 Å². The first-order valence-corrected chi connectivity index (χ1v) is 9.08. The van der Waals surface area contributed by atoms with Crippen molar-refractivity contribution in [3.05, 3.63) is 60.4 Å². The number of benzene rings is 1. The summed E-state index contributed by atoms with van der Waals surface area (Å²) in [6, 6.07) is 13.5. The van der Waals surface area contributed by atoms with Crippen LogP contribution in [0.15, 0.2) is 69.6 Å². The van der Waals surface area contributed by atoms with Gasteiger partial charge in [-0.05, 0) is 17.7 Å². The third kappa shape index (κ3) is 3.65. The highest BCUT2D eigenvalue weighted by Gasteiger charge is 2.22. The molecule has 0 unspecified atom stereocenters. The fourth-order valence-corrected chi connectivity index (χ4v) is 3.18. The Morgan fingerprint density at radius 2 is 1.88 bits per heavy atom. The summed E-state index contributed by atoms with van der Waals surface area (Å²) in [4.78, 5) is 16.3. The van der Waals surface area contributed by atoms with Crippen LogP contribution in [0.5, 0.6) is 0 Å². The predicted octanol–water partition coefficient (Wildman–Crippen LogP) is 2.86. The molecule has 0 N–H and O–H groups in total. The van der Waals surface area contributed by atoms with Crippen molar-refractivity contribution in [3.8, 4) is 11.5 Å². The van der Waals surface area contributed by atoms with Crippen LogP contribution < -0.4 is 0 Å². The molecule has 0 aliphatic carbocycles. The van der Waals surface area contributed by atoms with E-state index in [4.69, 9.17) is 4.42 Å². The predicted molar refractivity (Wildman–Crippen MR) is 97.6 cm³/mol. The van der Waals surface area contributed by atoms with Crippen molar-refractivity contribution >= 4 is 23.4 Å². The van der Waals surface area contributed by atoms with E-state index in [0.29, 0.717) is 17.7 Å². The lowest BCUT2D eigenvalue weighted by molar-refractivity contribution is -0.127. The van der Waals surface area contributed by atoms with Crippen LogP contribution in [-0.2, 0) is 4.79 Å². The highest BCUT2D eigenvalue weighted by molar-refractivity contribution is 7.99. The van der Waals surface area contributed by atoms with Crippen molar-refractivity contribution < 1.29 is 9.21 Å². The monoisotopic (exact) mass is 365 g/mol. The first-order chi connectivity index (χ1) is 12.8. The van der Waals surface area contributed by atoms with E-state index in [0.717, 1.165) is 23.3 Å². The normalized spacial score (nSPS) is 13.7. The number of carbonyl (C=O) groups excluding carboxylic acids is 1. The largest absolute Gasteiger partial charge is 0.411 e. The van der Waals surface area contributed by atoms with Crippen LogP contribution in [0, 0.1) is 0 Å². The molecular formula is C18H15N5O2S. The molecule has 4 rings (SSSR count). The molecule has 1 amide bonds. The van der Waals surface area contributed by atoms with Crippen LogP contribution in [-0.4, -0.2) is 44.1 Å². The van der Waals surface area contributed by atoms with E-state index >= 15 is 0 Å². The maximum Gasteiger partial charge on any atom is 0.277 e. The van der Waals surface area contributed by atoms with E-state index in [9.17, 15) is 4.79 Å². The molecule has 0 saturated carbocycles. The molecule has 1 aliphatic heterocycles. The molecule has 3 aromatic rings. The minimum absolute atomic E-state index is 0.0791. The lowest BCUT2D eigenvalue weighted by Crippen LogP contribution is -2.25. The second-order valence-electron chi connectivity index (χ2n) is 5.58. The quantitative estimate of drug-likeness (QED) is 0.647. The number of hydrogen-bond acceptors (Lipinski definition) is 7. The SMILES string of the molecule is O=C(CSc1nnc(-c2ccncc2)o1)N1CCC(c2ccccc2)=N1. The Labute approximate surface area is 154 Å². The molecule has 130 valence electrons. The smallest absolute Gasteiger partial charge is 0.277 e. The molecule has 26 heavy (non-hydrogen) atoms. The van der Waals surface area contributed by atoms with Gasteiger partial charge in [-0.3, -0.25) is 9.78 Å². The van der Waals surface area contributed by atoms with E-state index in [1.54, 1.807) is 24.5 Å². The fraction of sp³-hybridized carbons (Fsp3) is 0.167. The van der Waals surface area contributed by atoms with Crippen molar-refractivity contribution in [2.24, 2.45) is 5.10 Å². The third-order valence-corrected chi connectivity index (χ3v) is 4.65. The zero-order valence-electron chi connectivity index (χ0n) is 13.8. The number of thioether (sulfide) groups is 1. The Hall–Kier alpha value is -3.00. The molecule has 0 atom stereocenters. The summed E-state index contributed by atoms with van der Waals surface area (Å²) in [6.45, 7) is 0.593. The Bertz CT molecular complexity index is 927. The van der Waals surface area contributed by atoms with Crippen LogP contribution in [0.4, 0.5) is 0 Å². The summed E-state index contributed by atoms with van der Waals surface area (Å²) in [5, 5.41) is 14.3. The van der Waals surface area contributed by atoms with Crippen molar-refractivity contribution in [2.75, 3.05) is 12.3 Å². The molecule has 0 spiro atoms. The van der Waals surface area contributed by atoms with Gasteiger partial charge in [0.15, 0.2) is 0 Å². The zero-order valence-corrected chi connectivity index (χ0v) is 14.6. The summed E-state index contributed by atoms with van der Waals surface area (Å²) in [6.07, 6.45) is 4.07. The number of carbonyl (C=O) groups is 1. The number of hydrogen-bond donors (Lipinski definition) is 0. The molecular weight excluding hydrogens is 350 g/mol. The molecule has 3 heterocycles. The highest BCUT2D eigenvalue weighted by Crippen LogP contribution is 2.23. The molecule has 1 aliphatic rings. The van der Waals surface area contributed by atoms with E-state index in [1.807, 2.05) is 30.3 Å². The number of amides is 1. The van der Waals surface area contributed by atoms with E-state index in [1.165, 1.54) is 16.8 Å². The molecule has 1 aromatic carbocycles. The number of pyridine rings is 1. The van der Waals surface area contributed by atoms with Crippen molar-refractivity contribution in [2.45, 2.75) is 11.6 Å². The molecule has 0 bridgehead atoms. The van der Waals surface area contributed by atoms with Crippen LogP contribution in [0.2, 0.25) is 0 Å². The summed E-state index contributed by atoms with van der Waals surface area (Å²) in [5.41, 5.74) is 2.78. The molecule has 0 saturated heterocycles. The van der Waals surface area contributed by atoms with E-state index < -0.39 is 0 Å². The van der Waals surface area contributed by atoms with Gasteiger partial charge in [-0.25, -0.2) is 5.01 Å². The van der Waals surface area contributed by atoms with Gasteiger partial charge in [-0.2, -0.15) is 5.10 Å². The second-order valence-corrected chi connectivity index (χ2v) is 6.50. The average Bonchev–Trinajstić information content (AvgIpc) is 3.37. The minimum atomic E-state index is -0.0791. The summed E-state index contributed by atoms with van der Waals surface area (Å²) >= 11 is 1.21. The van der Waals surface area contributed by atoms with Crippen LogP contribution in [0.1, 0.15) is 12.0 Å². The first kappa shape index (κ1) is 16.5. The minimum Gasteiger partial charge on any atom is -0.411 e. The Kier molecular flexibility index (Phi) is 4.74. The van der Waals surface area contributed by atoms with Gasteiger partial charge in [0.05, 0.1) is 18.0 Å². The zero-order chi connectivity index (χ0) is 17.8. The molecule has 7 nitrogen and oxygen atoms in total. The van der Waals surface area contributed by atoms with Crippen molar-refractivity contribution in [1.82, 2.24) is 20.2 Å². The fourth-order valence-electron chi connectivity index (χ4n) is 2.55. The summed E-state index contributed by atoms with van der Waals surface area (Å²) in [7, 11) is 0. The lowest BCUT2D eigenvalue weighted by Gasteiger charge is -2.09. The Balaban J connectivity index is 1.36. The standard InChI is InChI=1S/C18H15N5O2S/c24-16(23-11-8-15(22-23)13-4-2-1-3-5-13)12-26-18-21-20-17(25-18)14-6-9-19-10-7-14/h1-7,9-10H,8,11-12H2. The molecule has 0 fully saturated rings. The maximum absolute atomic E-state index is 12.4. The highest BCUT2D eigenvalue weighted by atomic mass is 32.2. The van der Waals surface area contributed by atoms with Crippen LogP contribution in [0.25, 0.3) is 11.5 Å². The lowest BCUT2D eigenvalue weighted by atomic mass is 10.1. The number of rotatable bonds is 5. The van der Waals surface area contributed by atoms with Gasteiger partial charge in [0, 0.05) is 24.4 Å². The third-order valence-electron chi connectivity index (χ3n) is 3.85. The van der Waals surface area contributed by atoms with Crippen LogP contribution >= 0.6 is 11.8 Å². The number of aromatic nitrogens is 3. The van der Waals surface area contributed by atoms with Gasteiger partial charge in [0.2, 0.25) is 5.89 Å². The second kappa shape index (κ2) is 7.49. The topological polar surface area (TPSA) is 84.5 Å². The van der Waals surface area contributed by atoms with Crippen molar-refractivity contribution in [1.29, 1.82) is 0 Å². The Morgan fingerprint density at radius 3 is 2.69 bits per heavy atom. The van der Waals surface area contributed by atoms with Gasteiger partial charge >= 0.3 is 0 Å². The molecule has 0 radical (unpaired) electrons. The van der Waals surface area contributed by atoms with Gasteiger partial charge in [-0.1, -0.05) is 42.1 Å². The van der Waals surface area contributed by atoms with Gasteiger partial charge < -0.3 is 4.42 Å². The first-order valence-electron chi connectivity index (χ1n) is 8.09. The van der Waals surface area contributed by atoms with E-state index in [-0.39, 0.29) is 11.7 Å². The van der Waals surface area contributed by atoms with Gasteiger partial charge in [0.25, 0.3) is 11.1 Å². The number of nitrogens with zero attached hydrogens (tertiary/aromatic N) is 5. The summed E-state index contributed by atoms with van der Waals surface area (Å²) in [5.74, 6) is 0.529.